The molecule has 1 aromatic carbocycles. The zero-order valence-electron chi connectivity index (χ0n) is 22.1. The molecule has 3 atom stereocenters. The minimum Gasteiger partial charge on any atom is -0.345 e. The molecule has 7 heteroatoms. The first kappa shape index (κ1) is 26.5. The highest BCUT2D eigenvalue weighted by molar-refractivity contribution is 6.07. The van der Waals surface area contributed by atoms with Crippen LogP contribution in [0.15, 0.2) is 18.3 Å². The highest BCUT2D eigenvalue weighted by Gasteiger charge is 2.39. The van der Waals surface area contributed by atoms with Crippen molar-refractivity contribution in [2.45, 2.75) is 90.8 Å². The van der Waals surface area contributed by atoms with Gasteiger partial charge in [-0.1, -0.05) is 19.3 Å². The van der Waals surface area contributed by atoms with Crippen LogP contribution in [-0.2, 0) is 16.1 Å². The van der Waals surface area contributed by atoms with Crippen molar-refractivity contribution < 1.29 is 18.8 Å². The number of ketones is 2. The highest BCUT2D eigenvalue weighted by Crippen LogP contribution is 2.35. The van der Waals surface area contributed by atoms with Gasteiger partial charge in [-0.2, -0.15) is 0 Å². The molecule has 1 saturated heterocycles. The van der Waals surface area contributed by atoms with Gasteiger partial charge in [0.15, 0.2) is 5.78 Å². The number of likely N-dealkylation sites (tertiary alicyclic amines) is 1. The molecular weight excluding hydrogens is 457 g/mol. The Morgan fingerprint density at radius 2 is 1.83 bits per heavy atom. The molecule has 2 aliphatic rings. The van der Waals surface area contributed by atoms with E-state index in [1.165, 1.54) is 19.4 Å². The number of rotatable bonds is 9. The van der Waals surface area contributed by atoms with Gasteiger partial charge < -0.3 is 14.8 Å². The predicted octanol–water partition coefficient (Wildman–Crippen LogP) is 5.05. The standard InChI is InChI=1S/C29H40FN3O3/c1-18-13-24-25(20(3)34)17-32(27(24)15-26(18)30)16-22-11-8-12-33(22)29(36)23(14-28(35)19(2)31-4)21-9-6-5-7-10-21/h13,15,17,19,21-23,31H,5-12,14,16H2,1-4H3/t19-,22-,23-/m0/s1. The minimum atomic E-state index is -0.300. The van der Waals surface area contributed by atoms with Crippen molar-refractivity contribution in [3.05, 3.63) is 35.3 Å². The molecule has 1 amide bonds. The number of aromatic nitrogens is 1. The van der Waals surface area contributed by atoms with Crippen molar-refractivity contribution in [1.29, 1.82) is 0 Å². The molecule has 2 aromatic rings. The molecule has 0 radical (unpaired) electrons. The van der Waals surface area contributed by atoms with Crippen LogP contribution in [0.3, 0.4) is 0 Å². The topological polar surface area (TPSA) is 71.4 Å². The van der Waals surface area contributed by atoms with Gasteiger partial charge in [-0.15, -0.1) is 0 Å². The van der Waals surface area contributed by atoms with Crippen LogP contribution in [-0.4, -0.2) is 52.6 Å². The molecule has 36 heavy (non-hydrogen) atoms. The molecule has 1 saturated carbocycles. The Hall–Kier alpha value is -2.54. The average molecular weight is 498 g/mol. The number of hydrogen-bond donors (Lipinski definition) is 1. The number of fused-ring (bicyclic) bond motifs is 1. The first-order chi connectivity index (χ1) is 17.2. The SMILES string of the molecule is CN[C@@H](C)C(=O)C[C@H](C(=O)N1CCC[C@H]1Cn1cc(C(C)=O)c2cc(C)c(F)cc21)C1CCCCC1. The maximum Gasteiger partial charge on any atom is 0.226 e. The van der Waals surface area contributed by atoms with E-state index in [9.17, 15) is 18.8 Å². The van der Waals surface area contributed by atoms with Crippen molar-refractivity contribution in [3.8, 4) is 0 Å². The number of nitrogens with one attached hydrogen (secondary N) is 1. The van der Waals surface area contributed by atoms with Gasteiger partial charge in [-0.3, -0.25) is 14.4 Å². The number of Topliss-reactive ketones (excluding diaryl/α,β-unsaturated/α-hetero) is 2. The molecular formula is C29H40FN3O3. The van der Waals surface area contributed by atoms with Crippen molar-refractivity contribution in [2.24, 2.45) is 11.8 Å². The second-order valence-electron chi connectivity index (χ2n) is 10.9. The molecule has 2 fully saturated rings. The summed E-state index contributed by atoms with van der Waals surface area (Å²) in [5.41, 5.74) is 1.77. The Morgan fingerprint density at radius 1 is 1.11 bits per heavy atom. The van der Waals surface area contributed by atoms with Gasteiger partial charge in [0.2, 0.25) is 5.91 Å². The molecule has 196 valence electrons. The van der Waals surface area contributed by atoms with Gasteiger partial charge in [0, 0.05) is 48.6 Å². The molecule has 1 aromatic heterocycles. The van der Waals surface area contributed by atoms with Crippen LogP contribution in [0.5, 0.6) is 0 Å². The highest BCUT2D eigenvalue weighted by atomic mass is 19.1. The molecule has 0 bridgehead atoms. The van der Waals surface area contributed by atoms with Crippen LogP contribution < -0.4 is 5.32 Å². The van der Waals surface area contributed by atoms with E-state index in [0.29, 0.717) is 29.7 Å². The number of aryl methyl sites for hydroxylation is 1. The Morgan fingerprint density at radius 3 is 2.50 bits per heavy atom. The lowest BCUT2D eigenvalue weighted by Gasteiger charge is -2.35. The van der Waals surface area contributed by atoms with Crippen LogP contribution in [0.1, 0.15) is 81.1 Å². The Kier molecular flexibility index (Phi) is 8.28. The number of hydrogen-bond acceptors (Lipinski definition) is 4. The monoisotopic (exact) mass is 497 g/mol. The van der Waals surface area contributed by atoms with E-state index in [1.54, 1.807) is 20.0 Å². The molecule has 1 N–H and O–H groups in total. The number of benzene rings is 1. The van der Waals surface area contributed by atoms with E-state index < -0.39 is 0 Å². The van der Waals surface area contributed by atoms with Crippen molar-refractivity contribution in [3.63, 3.8) is 0 Å². The maximum absolute atomic E-state index is 14.5. The van der Waals surface area contributed by atoms with Crippen molar-refractivity contribution in [1.82, 2.24) is 14.8 Å². The van der Waals surface area contributed by atoms with Gasteiger partial charge in [0.05, 0.1) is 11.6 Å². The third-order valence-electron chi connectivity index (χ3n) is 8.48. The minimum absolute atomic E-state index is 0.0415. The summed E-state index contributed by atoms with van der Waals surface area (Å²) < 4.78 is 16.4. The number of amides is 1. The van der Waals surface area contributed by atoms with E-state index in [4.69, 9.17) is 0 Å². The molecule has 6 nitrogen and oxygen atoms in total. The van der Waals surface area contributed by atoms with Crippen LogP contribution in [0.4, 0.5) is 4.39 Å². The summed E-state index contributed by atoms with van der Waals surface area (Å²) in [5, 5.41) is 3.78. The molecule has 2 heterocycles. The molecule has 1 aliphatic carbocycles. The first-order valence-corrected chi connectivity index (χ1v) is 13.5. The van der Waals surface area contributed by atoms with E-state index in [-0.39, 0.29) is 53.6 Å². The van der Waals surface area contributed by atoms with Gasteiger partial charge in [0.1, 0.15) is 11.6 Å². The average Bonchev–Trinajstić information content (AvgIpc) is 3.47. The third-order valence-corrected chi connectivity index (χ3v) is 8.48. The quantitative estimate of drug-likeness (QED) is 0.493. The summed E-state index contributed by atoms with van der Waals surface area (Å²) in [4.78, 5) is 41.2. The summed E-state index contributed by atoms with van der Waals surface area (Å²) in [6.07, 6.45) is 9.26. The molecule has 4 rings (SSSR count). The van der Waals surface area contributed by atoms with Crippen molar-refractivity contribution >= 4 is 28.4 Å². The van der Waals surface area contributed by atoms with Gasteiger partial charge >= 0.3 is 0 Å². The maximum atomic E-state index is 14.5. The van der Waals surface area contributed by atoms with Crippen LogP contribution in [0, 0.1) is 24.6 Å². The van der Waals surface area contributed by atoms with Crippen LogP contribution >= 0.6 is 0 Å². The fourth-order valence-electron chi connectivity index (χ4n) is 6.15. The zero-order valence-corrected chi connectivity index (χ0v) is 22.1. The third kappa shape index (κ3) is 5.41. The van der Waals surface area contributed by atoms with E-state index in [0.717, 1.165) is 43.9 Å². The lowest BCUT2D eigenvalue weighted by molar-refractivity contribution is -0.141. The zero-order chi connectivity index (χ0) is 26.0. The van der Waals surface area contributed by atoms with Gasteiger partial charge in [-0.25, -0.2) is 4.39 Å². The number of carbonyl (C=O) groups excluding carboxylic acids is 3. The fraction of sp³-hybridized carbons (Fsp3) is 0.621. The Labute approximate surface area is 213 Å². The molecule has 1 aliphatic heterocycles. The van der Waals surface area contributed by atoms with E-state index in [2.05, 4.69) is 5.32 Å². The summed E-state index contributed by atoms with van der Waals surface area (Å²) in [7, 11) is 1.78. The van der Waals surface area contributed by atoms with Gasteiger partial charge in [0.25, 0.3) is 0 Å². The summed E-state index contributed by atoms with van der Waals surface area (Å²) >= 11 is 0. The predicted molar refractivity (Wildman–Crippen MR) is 140 cm³/mol. The van der Waals surface area contributed by atoms with Crippen LogP contribution in [0.25, 0.3) is 10.9 Å². The largest absolute Gasteiger partial charge is 0.345 e. The molecule has 0 spiro atoms. The fourth-order valence-corrected chi connectivity index (χ4v) is 6.15. The van der Waals surface area contributed by atoms with Crippen molar-refractivity contribution in [2.75, 3.05) is 13.6 Å². The number of nitrogens with zero attached hydrogens (tertiary/aromatic N) is 2. The van der Waals surface area contributed by atoms with E-state index >= 15 is 0 Å². The number of carbonyl (C=O) groups is 3. The summed E-state index contributed by atoms with van der Waals surface area (Å²) in [5.74, 6) is -0.223. The molecule has 0 unspecified atom stereocenters. The van der Waals surface area contributed by atoms with Gasteiger partial charge in [-0.05, 0) is 77.1 Å². The Balaban J connectivity index is 1.60. The lowest BCUT2D eigenvalue weighted by Crippen LogP contribution is -2.45. The number of halogens is 1. The smallest absolute Gasteiger partial charge is 0.226 e. The summed E-state index contributed by atoms with van der Waals surface area (Å²) in [6, 6.07) is 2.93. The number of likely N-dealkylation sites (N-methyl/N-ethyl adjacent to an activating group) is 1. The second-order valence-corrected chi connectivity index (χ2v) is 10.9. The summed E-state index contributed by atoms with van der Waals surface area (Å²) in [6.45, 7) is 6.27. The lowest BCUT2D eigenvalue weighted by atomic mass is 9.76. The Bertz CT molecular complexity index is 1130. The normalized spacial score (nSPS) is 20.6. The first-order valence-electron chi connectivity index (χ1n) is 13.5. The van der Waals surface area contributed by atoms with Crippen LogP contribution in [0.2, 0.25) is 0 Å². The second kappa shape index (κ2) is 11.2. The van der Waals surface area contributed by atoms with E-state index in [1.807, 2.05) is 22.6 Å².